The molecule has 0 radical (unpaired) electrons. The summed E-state index contributed by atoms with van der Waals surface area (Å²) in [5.41, 5.74) is 1.70. The molecule has 1 aliphatic carbocycles. The van der Waals surface area contributed by atoms with Gasteiger partial charge in [-0.3, -0.25) is 4.79 Å². The lowest BCUT2D eigenvalue weighted by Crippen LogP contribution is -2.33. The molecule has 0 spiro atoms. The van der Waals surface area contributed by atoms with Gasteiger partial charge in [-0.15, -0.1) is 0 Å². The zero-order chi connectivity index (χ0) is 14.9. The van der Waals surface area contributed by atoms with Crippen molar-refractivity contribution in [3.05, 3.63) is 27.7 Å². The van der Waals surface area contributed by atoms with Gasteiger partial charge in [0.15, 0.2) is 0 Å². The van der Waals surface area contributed by atoms with E-state index < -0.39 is 5.97 Å². The number of aromatic carboxylic acids is 1. The third kappa shape index (κ3) is 2.87. The van der Waals surface area contributed by atoms with Crippen molar-refractivity contribution in [2.45, 2.75) is 33.1 Å². The molecule has 0 atom stereocenters. The quantitative estimate of drug-likeness (QED) is 0.893. The maximum Gasteiger partial charge on any atom is 0.336 e. The van der Waals surface area contributed by atoms with Crippen LogP contribution in [0.1, 0.15) is 42.6 Å². The first-order valence-electron chi connectivity index (χ1n) is 6.86. The van der Waals surface area contributed by atoms with E-state index in [2.05, 4.69) is 15.9 Å². The van der Waals surface area contributed by atoms with Gasteiger partial charge in [-0.05, 0) is 43.9 Å². The van der Waals surface area contributed by atoms with Crippen LogP contribution in [0.5, 0.6) is 0 Å². The number of halogens is 1. The number of carbonyl (C=O) groups excluding carboxylic acids is 1. The Kier molecular flexibility index (Phi) is 4.48. The summed E-state index contributed by atoms with van der Waals surface area (Å²) in [6.45, 7) is 4.38. The average Bonchev–Trinajstić information content (AvgIpc) is 3.23. The Morgan fingerprint density at radius 1 is 1.35 bits per heavy atom. The van der Waals surface area contributed by atoms with Crippen LogP contribution in [-0.4, -0.2) is 23.5 Å². The Morgan fingerprint density at radius 3 is 2.45 bits per heavy atom. The number of hydrogen-bond acceptors (Lipinski definition) is 2. The predicted molar refractivity (Wildman–Crippen MR) is 81.2 cm³/mol. The van der Waals surface area contributed by atoms with Gasteiger partial charge in [-0.1, -0.05) is 22.9 Å². The van der Waals surface area contributed by atoms with E-state index in [1.807, 2.05) is 19.9 Å². The number of rotatable bonds is 5. The molecule has 1 N–H and O–H groups in total. The van der Waals surface area contributed by atoms with E-state index >= 15 is 0 Å². The Labute approximate surface area is 126 Å². The van der Waals surface area contributed by atoms with Gasteiger partial charge >= 0.3 is 5.97 Å². The van der Waals surface area contributed by atoms with E-state index in [1.165, 1.54) is 0 Å². The molecule has 1 aliphatic rings. The van der Waals surface area contributed by atoms with E-state index in [0.717, 1.165) is 24.1 Å². The van der Waals surface area contributed by atoms with Crippen molar-refractivity contribution in [3.63, 3.8) is 0 Å². The molecule has 1 aromatic carbocycles. The van der Waals surface area contributed by atoms with Crippen molar-refractivity contribution >= 4 is 33.5 Å². The normalized spacial score (nSPS) is 14.2. The highest BCUT2D eigenvalue weighted by atomic mass is 79.9. The smallest absolute Gasteiger partial charge is 0.336 e. The van der Waals surface area contributed by atoms with Crippen LogP contribution >= 0.6 is 15.9 Å². The molecule has 0 unspecified atom stereocenters. The second-order valence-electron chi connectivity index (χ2n) is 4.97. The third-order valence-corrected chi connectivity index (χ3v) is 4.03. The van der Waals surface area contributed by atoms with E-state index in [-0.39, 0.29) is 17.4 Å². The second kappa shape index (κ2) is 5.95. The fraction of sp³-hybridized carbons (Fsp3) is 0.467. The molecule has 1 aromatic rings. The SMILES string of the molecule is CCc1c(C(=O)O)cc(Br)cc1N(CC)C(=O)C1CC1. The Morgan fingerprint density at radius 2 is 2.00 bits per heavy atom. The molecule has 108 valence electrons. The van der Waals surface area contributed by atoms with Crippen molar-refractivity contribution in [2.24, 2.45) is 5.92 Å². The first kappa shape index (κ1) is 15.0. The van der Waals surface area contributed by atoms with Crippen LogP contribution in [0, 0.1) is 5.92 Å². The highest BCUT2D eigenvalue weighted by Crippen LogP contribution is 2.35. The fourth-order valence-corrected chi connectivity index (χ4v) is 2.87. The molecule has 4 nitrogen and oxygen atoms in total. The molecule has 0 heterocycles. The Balaban J connectivity index is 2.52. The van der Waals surface area contributed by atoms with Gasteiger partial charge in [0.1, 0.15) is 0 Å². The zero-order valence-electron chi connectivity index (χ0n) is 11.6. The molecule has 1 saturated carbocycles. The van der Waals surface area contributed by atoms with Crippen LogP contribution in [0.25, 0.3) is 0 Å². The van der Waals surface area contributed by atoms with Crippen molar-refractivity contribution < 1.29 is 14.7 Å². The number of nitrogens with zero attached hydrogens (tertiary/aromatic N) is 1. The van der Waals surface area contributed by atoms with Gasteiger partial charge in [0.2, 0.25) is 5.91 Å². The minimum absolute atomic E-state index is 0.108. The molecule has 1 fully saturated rings. The number of carboxylic acid groups (broad SMARTS) is 1. The van der Waals surface area contributed by atoms with Crippen molar-refractivity contribution in [3.8, 4) is 0 Å². The summed E-state index contributed by atoms with van der Waals surface area (Å²) in [6.07, 6.45) is 2.46. The number of hydrogen-bond donors (Lipinski definition) is 1. The lowest BCUT2D eigenvalue weighted by Gasteiger charge is -2.25. The largest absolute Gasteiger partial charge is 0.478 e. The van der Waals surface area contributed by atoms with E-state index in [1.54, 1.807) is 11.0 Å². The maximum absolute atomic E-state index is 12.4. The molecule has 0 saturated heterocycles. The summed E-state index contributed by atoms with van der Waals surface area (Å²) in [5.74, 6) is -0.733. The summed E-state index contributed by atoms with van der Waals surface area (Å²) in [7, 11) is 0. The number of anilines is 1. The molecule has 0 aliphatic heterocycles. The lowest BCUT2D eigenvalue weighted by molar-refractivity contribution is -0.119. The zero-order valence-corrected chi connectivity index (χ0v) is 13.2. The molecular formula is C15H18BrNO3. The van der Waals surface area contributed by atoms with Crippen molar-refractivity contribution in [1.29, 1.82) is 0 Å². The number of carbonyl (C=O) groups is 2. The Bertz CT molecular complexity index is 552. The van der Waals surface area contributed by atoms with Crippen molar-refractivity contribution in [1.82, 2.24) is 0 Å². The molecule has 0 bridgehead atoms. The van der Waals surface area contributed by atoms with E-state index in [9.17, 15) is 14.7 Å². The summed E-state index contributed by atoms with van der Waals surface area (Å²) in [6, 6.07) is 3.44. The van der Waals surface area contributed by atoms with Crippen LogP contribution in [0.15, 0.2) is 16.6 Å². The van der Waals surface area contributed by atoms with Gasteiger partial charge < -0.3 is 10.0 Å². The summed E-state index contributed by atoms with van der Waals surface area (Å²) in [4.78, 5) is 25.5. The average molecular weight is 340 g/mol. The highest BCUT2D eigenvalue weighted by Gasteiger charge is 2.34. The number of carboxylic acids is 1. The predicted octanol–water partition coefficient (Wildman–Crippen LogP) is 3.47. The molecule has 20 heavy (non-hydrogen) atoms. The molecule has 0 aromatic heterocycles. The molecule has 5 heteroatoms. The molecular weight excluding hydrogens is 322 g/mol. The minimum Gasteiger partial charge on any atom is -0.478 e. The highest BCUT2D eigenvalue weighted by molar-refractivity contribution is 9.10. The summed E-state index contributed by atoms with van der Waals surface area (Å²) < 4.78 is 0.684. The minimum atomic E-state index is -0.959. The van der Waals surface area contributed by atoms with E-state index in [4.69, 9.17) is 0 Å². The fourth-order valence-electron chi connectivity index (χ4n) is 2.42. The summed E-state index contributed by atoms with van der Waals surface area (Å²) in [5, 5.41) is 9.34. The van der Waals surface area contributed by atoms with Gasteiger partial charge in [-0.25, -0.2) is 4.79 Å². The van der Waals surface area contributed by atoms with Gasteiger partial charge in [0.25, 0.3) is 0 Å². The van der Waals surface area contributed by atoms with Crippen LogP contribution in [0.2, 0.25) is 0 Å². The van der Waals surface area contributed by atoms with Gasteiger partial charge in [0.05, 0.1) is 5.56 Å². The van der Waals surface area contributed by atoms with Crippen LogP contribution < -0.4 is 4.90 Å². The first-order valence-corrected chi connectivity index (χ1v) is 7.65. The lowest BCUT2D eigenvalue weighted by atomic mass is 10.0. The van der Waals surface area contributed by atoms with Crippen LogP contribution in [0.3, 0.4) is 0 Å². The standard InChI is InChI=1S/C15H18BrNO3/c1-3-11-12(15(19)20)7-10(16)8-13(11)17(4-2)14(18)9-5-6-9/h7-9H,3-6H2,1-2H3,(H,19,20). The second-order valence-corrected chi connectivity index (χ2v) is 5.88. The van der Waals surface area contributed by atoms with Crippen molar-refractivity contribution in [2.75, 3.05) is 11.4 Å². The molecule has 1 amide bonds. The number of amides is 1. The van der Waals surface area contributed by atoms with Gasteiger partial charge in [0, 0.05) is 22.6 Å². The van der Waals surface area contributed by atoms with Crippen LogP contribution in [0.4, 0.5) is 5.69 Å². The maximum atomic E-state index is 12.4. The van der Waals surface area contributed by atoms with Gasteiger partial charge in [-0.2, -0.15) is 0 Å². The Hall–Kier alpha value is -1.36. The van der Waals surface area contributed by atoms with Crippen LogP contribution in [-0.2, 0) is 11.2 Å². The molecule has 2 rings (SSSR count). The summed E-state index contributed by atoms with van der Waals surface area (Å²) >= 11 is 3.34. The first-order chi connectivity index (χ1) is 9.49. The van der Waals surface area contributed by atoms with E-state index in [0.29, 0.717) is 17.4 Å². The third-order valence-electron chi connectivity index (χ3n) is 3.57. The topological polar surface area (TPSA) is 57.6 Å². The monoisotopic (exact) mass is 339 g/mol. The number of benzene rings is 1.